The van der Waals surface area contributed by atoms with Crippen LogP contribution in [0, 0.1) is 10.1 Å². The quantitative estimate of drug-likeness (QED) is 0.369. The van der Waals surface area contributed by atoms with Crippen LogP contribution in [0.25, 0.3) is 0 Å². The Morgan fingerprint density at radius 3 is 2.63 bits per heavy atom. The molecule has 0 aliphatic carbocycles. The van der Waals surface area contributed by atoms with Gasteiger partial charge in [0.15, 0.2) is 6.40 Å². The molecule has 0 unspecified atom stereocenters. The van der Waals surface area contributed by atoms with Gasteiger partial charge in [0.05, 0.1) is 4.92 Å². The first-order valence-corrected chi connectivity index (χ1v) is 6.14. The summed E-state index contributed by atoms with van der Waals surface area (Å²) < 4.78 is 5.88. The van der Waals surface area contributed by atoms with E-state index >= 15 is 0 Å². The number of halogens is 1. The molecule has 5 nitrogen and oxygen atoms in total. The van der Waals surface area contributed by atoms with Gasteiger partial charge in [0, 0.05) is 10.5 Å². The predicted octanol–water partition coefficient (Wildman–Crippen LogP) is 4.10. The molecule has 0 saturated heterocycles. The van der Waals surface area contributed by atoms with Crippen LogP contribution in [-0.4, -0.2) is 11.3 Å². The first-order chi connectivity index (χ1) is 9.16. The standard InChI is InChI=1S/C13H9BrN2O3/c14-10-6-7-12(13(8-10)16(17)18)15-9-19-11-4-2-1-3-5-11/h1-9H/b15-9+. The van der Waals surface area contributed by atoms with Crippen LogP contribution in [0.15, 0.2) is 58.0 Å². The number of aliphatic imine (C=N–C) groups is 1. The van der Waals surface area contributed by atoms with Gasteiger partial charge in [0.2, 0.25) is 0 Å². The average molecular weight is 321 g/mol. The third-order valence-corrected chi connectivity index (χ3v) is 2.75. The Morgan fingerprint density at radius 1 is 1.21 bits per heavy atom. The van der Waals surface area contributed by atoms with Crippen LogP contribution in [-0.2, 0) is 0 Å². The van der Waals surface area contributed by atoms with Crippen LogP contribution in [0.2, 0.25) is 0 Å². The predicted molar refractivity (Wildman–Crippen MR) is 76.0 cm³/mol. The Bertz CT molecular complexity index is 615. The first-order valence-electron chi connectivity index (χ1n) is 5.35. The fourth-order valence-electron chi connectivity index (χ4n) is 1.40. The maximum absolute atomic E-state index is 10.9. The van der Waals surface area contributed by atoms with Crippen LogP contribution in [0.4, 0.5) is 11.4 Å². The molecule has 0 heterocycles. The second kappa shape index (κ2) is 6.10. The average Bonchev–Trinajstić information content (AvgIpc) is 2.41. The monoisotopic (exact) mass is 320 g/mol. The summed E-state index contributed by atoms with van der Waals surface area (Å²) in [5.74, 6) is 0.617. The molecule has 0 amide bonds. The summed E-state index contributed by atoms with van der Waals surface area (Å²) in [5.41, 5.74) is 0.159. The summed E-state index contributed by atoms with van der Waals surface area (Å²) in [5, 5.41) is 10.9. The summed E-state index contributed by atoms with van der Waals surface area (Å²) in [6.45, 7) is 0. The van der Waals surface area contributed by atoms with Crippen LogP contribution < -0.4 is 4.74 Å². The normalized spacial score (nSPS) is 10.6. The smallest absolute Gasteiger partial charge is 0.296 e. The van der Waals surface area contributed by atoms with Crippen LogP contribution >= 0.6 is 15.9 Å². The Labute approximate surface area is 117 Å². The zero-order chi connectivity index (χ0) is 13.7. The minimum Gasteiger partial charge on any atom is -0.446 e. The van der Waals surface area contributed by atoms with Crippen molar-refractivity contribution in [2.75, 3.05) is 0 Å². The summed E-state index contributed by atoms with van der Waals surface area (Å²) in [7, 11) is 0. The lowest BCUT2D eigenvalue weighted by molar-refractivity contribution is -0.384. The van der Waals surface area contributed by atoms with Crippen LogP contribution in [0.5, 0.6) is 5.75 Å². The second-order valence-corrected chi connectivity index (χ2v) is 4.47. The SMILES string of the molecule is O=[N+]([O-])c1cc(Br)ccc1/N=C/Oc1ccccc1. The number of rotatable bonds is 4. The molecule has 6 heteroatoms. The summed E-state index contributed by atoms with van der Waals surface area (Å²) >= 11 is 3.18. The van der Waals surface area contributed by atoms with Gasteiger partial charge in [-0.1, -0.05) is 34.1 Å². The van der Waals surface area contributed by atoms with Gasteiger partial charge in [-0.3, -0.25) is 10.1 Å². The van der Waals surface area contributed by atoms with Crippen molar-refractivity contribution in [2.24, 2.45) is 4.99 Å². The molecule has 0 fully saturated rings. The third-order valence-electron chi connectivity index (χ3n) is 2.26. The molecular weight excluding hydrogens is 312 g/mol. The van der Waals surface area contributed by atoms with E-state index in [1.807, 2.05) is 18.2 Å². The minimum absolute atomic E-state index is 0.0812. The summed E-state index contributed by atoms with van der Waals surface area (Å²) in [6.07, 6.45) is 1.19. The Kier molecular flexibility index (Phi) is 4.25. The van der Waals surface area contributed by atoms with Crippen molar-refractivity contribution < 1.29 is 9.66 Å². The van der Waals surface area contributed by atoms with Crippen molar-refractivity contribution in [2.45, 2.75) is 0 Å². The van der Waals surface area contributed by atoms with Crippen molar-refractivity contribution in [1.82, 2.24) is 0 Å². The number of hydrogen-bond donors (Lipinski definition) is 0. The van der Waals surface area contributed by atoms with Gasteiger partial charge < -0.3 is 4.74 Å². The Morgan fingerprint density at radius 2 is 1.95 bits per heavy atom. The van der Waals surface area contributed by atoms with Crippen molar-refractivity contribution >= 4 is 33.7 Å². The van der Waals surface area contributed by atoms with Gasteiger partial charge >= 0.3 is 0 Å². The number of ether oxygens (including phenoxy) is 1. The highest BCUT2D eigenvalue weighted by atomic mass is 79.9. The first kappa shape index (κ1) is 13.2. The molecular formula is C13H9BrN2O3. The zero-order valence-electron chi connectivity index (χ0n) is 9.69. The zero-order valence-corrected chi connectivity index (χ0v) is 11.3. The largest absolute Gasteiger partial charge is 0.446 e. The molecule has 0 atom stereocenters. The fraction of sp³-hybridized carbons (Fsp3) is 0. The summed E-state index contributed by atoms with van der Waals surface area (Å²) in [6, 6.07) is 13.7. The topological polar surface area (TPSA) is 64.7 Å². The molecule has 19 heavy (non-hydrogen) atoms. The molecule has 2 aromatic rings. The maximum atomic E-state index is 10.9. The molecule has 2 aromatic carbocycles. The van der Waals surface area contributed by atoms with Gasteiger partial charge in [-0.05, 0) is 24.3 Å². The molecule has 2 rings (SSSR count). The lowest BCUT2D eigenvalue weighted by atomic mass is 10.3. The number of benzene rings is 2. The number of para-hydroxylation sites is 1. The van der Waals surface area contributed by atoms with Gasteiger partial charge in [-0.15, -0.1) is 0 Å². The lowest BCUT2D eigenvalue weighted by Gasteiger charge is -1.99. The van der Waals surface area contributed by atoms with Crippen LogP contribution in [0.1, 0.15) is 0 Å². The third kappa shape index (κ3) is 3.62. The minimum atomic E-state index is -0.486. The van der Waals surface area contributed by atoms with E-state index in [0.29, 0.717) is 10.2 Å². The van der Waals surface area contributed by atoms with E-state index < -0.39 is 4.92 Å². The van der Waals surface area contributed by atoms with Crippen molar-refractivity contribution in [3.8, 4) is 5.75 Å². The number of nitro groups is 1. The van der Waals surface area contributed by atoms with Gasteiger partial charge in [0.25, 0.3) is 5.69 Å². The lowest BCUT2D eigenvalue weighted by Crippen LogP contribution is -1.91. The Balaban J connectivity index is 2.17. The second-order valence-electron chi connectivity index (χ2n) is 3.56. The molecule has 0 spiro atoms. The molecule has 0 N–H and O–H groups in total. The van der Waals surface area contributed by atoms with Gasteiger partial charge in [-0.2, -0.15) is 0 Å². The molecule has 0 bridgehead atoms. The van der Waals surface area contributed by atoms with E-state index in [1.165, 1.54) is 12.5 Å². The van der Waals surface area contributed by atoms with Crippen molar-refractivity contribution in [3.05, 3.63) is 63.1 Å². The molecule has 96 valence electrons. The van der Waals surface area contributed by atoms with Crippen molar-refractivity contribution in [3.63, 3.8) is 0 Å². The molecule has 0 aromatic heterocycles. The van der Waals surface area contributed by atoms with E-state index in [2.05, 4.69) is 20.9 Å². The highest BCUT2D eigenvalue weighted by Gasteiger charge is 2.12. The molecule has 0 aliphatic heterocycles. The summed E-state index contributed by atoms with van der Waals surface area (Å²) in [4.78, 5) is 14.3. The van der Waals surface area contributed by atoms with E-state index in [-0.39, 0.29) is 11.4 Å². The van der Waals surface area contributed by atoms with E-state index in [1.54, 1.807) is 24.3 Å². The molecule has 0 saturated carbocycles. The number of nitrogens with zero attached hydrogens (tertiary/aromatic N) is 2. The highest BCUT2D eigenvalue weighted by molar-refractivity contribution is 9.10. The highest BCUT2D eigenvalue weighted by Crippen LogP contribution is 2.30. The Hall–Kier alpha value is -2.21. The van der Waals surface area contributed by atoms with E-state index in [0.717, 1.165) is 0 Å². The van der Waals surface area contributed by atoms with E-state index in [9.17, 15) is 10.1 Å². The van der Waals surface area contributed by atoms with Gasteiger partial charge in [-0.25, -0.2) is 4.99 Å². The molecule has 0 aliphatic rings. The maximum Gasteiger partial charge on any atom is 0.296 e. The van der Waals surface area contributed by atoms with E-state index in [4.69, 9.17) is 4.74 Å². The fourth-order valence-corrected chi connectivity index (χ4v) is 1.74. The van der Waals surface area contributed by atoms with Crippen molar-refractivity contribution in [1.29, 1.82) is 0 Å². The number of nitro benzene ring substituents is 1. The van der Waals surface area contributed by atoms with Crippen LogP contribution in [0.3, 0.4) is 0 Å². The van der Waals surface area contributed by atoms with Gasteiger partial charge in [0.1, 0.15) is 11.4 Å². The number of hydrogen-bond acceptors (Lipinski definition) is 4. The molecule has 0 radical (unpaired) electrons.